The molecule has 0 saturated carbocycles. The van der Waals surface area contributed by atoms with E-state index in [1.807, 2.05) is 0 Å². The van der Waals surface area contributed by atoms with Crippen LogP contribution in [0.3, 0.4) is 0 Å². The fraction of sp³-hybridized carbons (Fsp3) is 0.333. The summed E-state index contributed by atoms with van der Waals surface area (Å²) < 4.78 is 10.1. The van der Waals surface area contributed by atoms with Gasteiger partial charge in [-0.3, -0.25) is 4.79 Å². The topological polar surface area (TPSA) is 64.4 Å². The summed E-state index contributed by atoms with van der Waals surface area (Å²) in [6.45, 7) is 2.74. The Morgan fingerprint density at radius 2 is 2.05 bits per heavy atom. The highest BCUT2D eigenvalue weighted by molar-refractivity contribution is 6.39. The number of nitrogens with zero attached hydrogens (tertiary/aromatic N) is 1. The van der Waals surface area contributed by atoms with E-state index in [-0.39, 0.29) is 5.91 Å². The van der Waals surface area contributed by atoms with E-state index < -0.39 is 0 Å². The zero-order valence-corrected chi connectivity index (χ0v) is 13.8. The van der Waals surface area contributed by atoms with Gasteiger partial charge in [0.25, 0.3) is 5.91 Å². The number of aromatic nitrogens is 1. The van der Waals surface area contributed by atoms with Crippen LogP contribution in [0.2, 0.25) is 10.0 Å². The molecule has 5 nitrogen and oxygen atoms in total. The third kappa shape index (κ3) is 3.61. The summed E-state index contributed by atoms with van der Waals surface area (Å²) in [5.74, 6) is 0.135. The van der Waals surface area contributed by atoms with Gasteiger partial charge in [0.05, 0.1) is 10.0 Å². The van der Waals surface area contributed by atoms with Gasteiger partial charge >= 0.3 is 0 Å². The van der Waals surface area contributed by atoms with Crippen molar-refractivity contribution in [2.45, 2.75) is 13.3 Å². The van der Waals surface area contributed by atoms with E-state index in [2.05, 4.69) is 10.5 Å². The molecule has 0 spiro atoms. The van der Waals surface area contributed by atoms with Crippen molar-refractivity contribution in [3.8, 4) is 11.3 Å². The summed E-state index contributed by atoms with van der Waals surface area (Å²) in [6.07, 6.45) is 0.717. The van der Waals surface area contributed by atoms with Gasteiger partial charge in [-0.05, 0) is 25.5 Å². The quantitative estimate of drug-likeness (QED) is 0.812. The van der Waals surface area contributed by atoms with E-state index in [1.54, 1.807) is 32.2 Å². The van der Waals surface area contributed by atoms with Gasteiger partial charge < -0.3 is 14.6 Å². The molecule has 0 unspecified atom stereocenters. The Bertz CT molecular complexity index is 651. The van der Waals surface area contributed by atoms with Gasteiger partial charge in [0.1, 0.15) is 17.0 Å². The molecule has 0 radical (unpaired) electrons. The minimum atomic E-state index is -0.277. The molecule has 1 aromatic heterocycles. The first-order chi connectivity index (χ1) is 10.6. The molecular formula is C15H16Cl2N2O3. The molecule has 22 heavy (non-hydrogen) atoms. The lowest BCUT2D eigenvalue weighted by Gasteiger charge is -2.07. The number of hydrogen-bond donors (Lipinski definition) is 1. The molecule has 0 aliphatic rings. The number of halogens is 2. The van der Waals surface area contributed by atoms with Gasteiger partial charge in [-0.1, -0.05) is 34.4 Å². The number of ether oxygens (including phenoxy) is 1. The molecular weight excluding hydrogens is 327 g/mol. The molecule has 2 rings (SSSR count). The zero-order chi connectivity index (χ0) is 16.1. The summed E-state index contributed by atoms with van der Waals surface area (Å²) in [5, 5.41) is 7.57. The van der Waals surface area contributed by atoms with E-state index in [1.165, 1.54) is 0 Å². The van der Waals surface area contributed by atoms with Crippen molar-refractivity contribution in [3.63, 3.8) is 0 Å². The SMILES string of the molecule is COCCCNC(=O)c1c(-c2c(Cl)cccc2Cl)noc1C. The predicted molar refractivity (Wildman–Crippen MR) is 85.5 cm³/mol. The normalized spacial score (nSPS) is 10.7. The highest BCUT2D eigenvalue weighted by Gasteiger charge is 2.24. The number of benzene rings is 1. The molecule has 0 aliphatic heterocycles. The first-order valence-electron chi connectivity index (χ1n) is 6.74. The molecule has 118 valence electrons. The van der Waals surface area contributed by atoms with Crippen LogP contribution in [0.5, 0.6) is 0 Å². The van der Waals surface area contributed by atoms with Crippen LogP contribution in [-0.4, -0.2) is 31.3 Å². The average molecular weight is 343 g/mol. The minimum Gasteiger partial charge on any atom is -0.385 e. The lowest BCUT2D eigenvalue weighted by Crippen LogP contribution is -2.26. The van der Waals surface area contributed by atoms with E-state index >= 15 is 0 Å². The Labute approximate surface area is 138 Å². The number of aryl methyl sites for hydroxylation is 1. The van der Waals surface area contributed by atoms with Crippen LogP contribution in [-0.2, 0) is 4.74 Å². The van der Waals surface area contributed by atoms with Crippen LogP contribution in [0.15, 0.2) is 22.7 Å². The predicted octanol–water partition coefficient (Wildman–Crippen LogP) is 3.72. The molecule has 0 bridgehead atoms. The molecule has 1 amide bonds. The van der Waals surface area contributed by atoms with E-state index in [4.69, 9.17) is 32.5 Å². The summed E-state index contributed by atoms with van der Waals surface area (Å²) in [5.41, 5.74) is 1.18. The molecule has 2 aromatic rings. The van der Waals surface area contributed by atoms with Crippen molar-refractivity contribution >= 4 is 29.1 Å². The number of carbonyl (C=O) groups is 1. The summed E-state index contributed by atoms with van der Waals surface area (Å²) in [4.78, 5) is 12.4. The number of carbonyl (C=O) groups excluding carboxylic acids is 1. The van der Waals surface area contributed by atoms with Crippen molar-refractivity contribution in [1.82, 2.24) is 10.5 Å². The van der Waals surface area contributed by atoms with Gasteiger partial charge in [-0.15, -0.1) is 0 Å². The van der Waals surface area contributed by atoms with Crippen LogP contribution in [0.1, 0.15) is 22.5 Å². The lowest BCUT2D eigenvalue weighted by atomic mass is 10.1. The Hall–Kier alpha value is -1.56. The van der Waals surface area contributed by atoms with Crippen molar-refractivity contribution in [2.75, 3.05) is 20.3 Å². The number of nitrogens with one attached hydrogen (secondary N) is 1. The molecule has 0 fully saturated rings. The Morgan fingerprint density at radius 1 is 1.36 bits per heavy atom. The second-order valence-electron chi connectivity index (χ2n) is 4.66. The van der Waals surface area contributed by atoms with Crippen LogP contribution in [0.25, 0.3) is 11.3 Å². The van der Waals surface area contributed by atoms with Crippen LogP contribution in [0.4, 0.5) is 0 Å². The van der Waals surface area contributed by atoms with Gasteiger partial charge in [-0.2, -0.15) is 0 Å². The van der Waals surface area contributed by atoms with Crippen molar-refractivity contribution in [2.24, 2.45) is 0 Å². The maximum absolute atomic E-state index is 12.4. The molecule has 7 heteroatoms. The fourth-order valence-corrected chi connectivity index (χ4v) is 2.62. The largest absolute Gasteiger partial charge is 0.385 e. The molecule has 1 aromatic carbocycles. The second kappa shape index (κ2) is 7.63. The van der Waals surface area contributed by atoms with Crippen molar-refractivity contribution in [1.29, 1.82) is 0 Å². The Balaban J connectivity index is 2.30. The monoisotopic (exact) mass is 342 g/mol. The third-order valence-electron chi connectivity index (χ3n) is 3.10. The summed E-state index contributed by atoms with van der Waals surface area (Å²) >= 11 is 12.4. The van der Waals surface area contributed by atoms with E-state index in [9.17, 15) is 4.79 Å². The summed E-state index contributed by atoms with van der Waals surface area (Å²) in [7, 11) is 1.61. The van der Waals surface area contributed by atoms with Gasteiger partial charge in [0.2, 0.25) is 0 Å². The molecule has 0 atom stereocenters. The highest BCUT2D eigenvalue weighted by atomic mass is 35.5. The van der Waals surface area contributed by atoms with Crippen LogP contribution < -0.4 is 5.32 Å². The number of amides is 1. The Kier molecular flexibility index (Phi) is 5.83. The van der Waals surface area contributed by atoms with Gasteiger partial charge in [0.15, 0.2) is 0 Å². The van der Waals surface area contributed by atoms with Crippen molar-refractivity contribution in [3.05, 3.63) is 39.6 Å². The highest BCUT2D eigenvalue weighted by Crippen LogP contribution is 2.36. The smallest absolute Gasteiger partial charge is 0.257 e. The standard InChI is InChI=1S/C15H16Cl2N2O3/c1-9-12(15(20)18-7-4-8-21-2)14(19-22-9)13-10(16)5-3-6-11(13)17/h3,5-6H,4,7-8H2,1-2H3,(H,18,20). The average Bonchev–Trinajstić information content (AvgIpc) is 2.85. The third-order valence-corrected chi connectivity index (χ3v) is 3.73. The van der Waals surface area contributed by atoms with E-state index in [0.717, 1.165) is 6.42 Å². The molecule has 0 aliphatic carbocycles. The zero-order valence-electron chi connectivity index (χ0n) is 12.3. The number of methoxy groups -OCH3 is 1. The van der Waals surface area contributed by atoms with Gasteiger partial charge in [0, 0.05) is 25.8 Å². The van der Waals surface area contributed by atoms with Crippen molar-refractivity contribution < 1.29 is 14.1 Å². The fourth-order valence-electron chi connectivity index (χ4n) is 2.04. The number of rotatable bonds is 6. The minimum absolute atomic E-state index is 0.277. The molecule has 1 N–H and O–H groups in total. The first-order valence-corrected chi connectivity index (χ1v) is 7.49. The maximum atomic E-state index is 12.4. The molecule has 0 saturated heterocycles. The van der Waals surface area contributed by atoms with Crippen LogP contribution in [0, 0.1) is 6.92 Å². The van der Waals surface area contributed by atoms with Crippen LogP contribution >= 0.6 is 23.2 Å². The summed E-state index contributed by atoms with van der Waals surface area (Å²) in [6, 6.07) is 5.10. The first kappa shape index (κ1) is 16.8. The molecule has 1 heterocycles. The lowest BCUT2D eigenvalue weighted by molar-refractivity contribution is 0.0947. The second-order valence-corrected chi connectivity index (χ2v) is 5.48. The van der Waals surface area contributed by atoms with Gasteiger partial charge in [-0.25, -0.2) is 0 Å². The van der Waals surface area contributed by atoms with E-state index in [0.29, 0.717) is 45.8 Å². The number of hydrogen-bond acceptors (Lipinski definition) is 4. The Morgan fingerprint density at radius 3 is 2.68 bits per heavy atom. The maximum Gasteiger partial charge on any atom is 0.257 e.